The number of piperidine rings is 2. The second-order valence-corrected chi connectivity index (χ2v) is 29.9. The largest absolute Gasteiger partial charge is 0.372 e. The number of benzene rings is 4. The third-order valence-electron chi connectivity index (χ3n) is 15.6. The van der Waals surface area contributed by atoms with E-state index in [1.54, 1.807) is 12.1 Å². The Morgan fingerprint density at radius 2 is 1.08 bits per heavy atom. The fourth-order valence-corrected chi connectivity index (χ4v) is 15.3. The number of carbonyl (C=O) groups excluding carboxylic acids is 4. The molecule has 0 radical (unpaired) electrons. The van der Waals surface area contributed by atoms with E-state index in [0.717, 1.165) is 109 Å². The van der Waals surface area contributed by atoms with Gasteiger partial charge in [0.1, 0.15) is 34.7 Å². The first-order chi connectivity index (χ1) is 46.7. The number of nitrogens with zero attached hydrogens (tertiary/aromatic N) is 13. The highest BCUT2D eigenvalue weighted by atomic mass is 32.2. The fraction of sp³-hybridized carbons (Fsp3) is 0.371. The van der Waals surface area contributed by atoms with Gasteiger partial charge in [-0.1, -0.05) is 46.6 Å². The molecular formula is C62H73N17O13S6. The maximum atomic E-state index is 14.1. The van der Waals surface area contributed by atoms with Crippen LogP contribution in [-0.4, -0.2) is 151 Å². The molecule has 0 aliphatic carbocycles. The molecule has 30 nitrogen and oxygen atoms in total. The van der Waals surface area contributed by atoms with Crippen molar-refractivity contribution in [2.75, 3.05) is 105 Å². The highest BCUT2D eigenvalue weighted by Crippen LogP contribution is 2.43. The molecular weight excluding hydrogens is 1380 g/mol. The zero-order chi connectivity index (χ0) is 70.5. The average Bonchev–Trinajstić information content (AvgIpc) is 1.57. The number of azo groups is 2. The highest BCUT2D eigenvalue weighted by Gasteiger charge is 2.34. The Morgan fingerprint density at radius 1 is 0.602 bits per heavy atom. The van der Waals surface area contributed by atoms with Gasteiger partial charge in [0.15, 0.2) is 10.9 Å². The summed E-state index contributed by atoms with van der Waals surface area (Å²) in [5, 5.41) is 30.6. The normalized spacial score (nSPS) is 14.4. The van der Waals surface area contributed by atoms with Crippen LogP contribution in [0, 0.1) is 0 Å². The van der Waals surface area contributed by atoms with Crippen LogP contribution in [0.1, 0.15) is 95.7 Å². The number of aromatic nitrogens is 5. The molecule has 36 heteroatoms. The molecule has 0 saturated carbocycles. The van der Waals surface area contributed by atoms with Crippen molar-refractivity contribution in [2.45, 2.75) is 101 Å². The van der Waals surface area contributed by atoms with Crippen molar-refractivity contribution in [3.63, 3.8) is 0 Å². The highest BCUT2D eigenvalue weighted by molar-refractivity contribution is 8.00. The van der Waals surface area contributed by atoms with Gasteiger partial charge in [0.25, 0.3) is 36.3 Å². The quantitative estimate of drug-likeness (QED) is 0.00549. The number of hydrogen-bond donors (Lipinski definition) is 7. The molecule has 3 aromatic heterocycles. The van der Waals surface area contributed by atoms with E-state index in [-0.39, 0.29) is 66.3 Å². The minimum atomic E-state index is -4.62. The molecule has 520 valence electrons. The van der Waals surface area contributed by atoms with E-state index in [1.807, 2.05) is 61.8 Å². The summed E-state index contributed by atoms with van der Waals surface area (Å²) in [7, 11) is -13.6. The standard InChI is InChI=1S/C62H73N17O13S6/c1-7-76(8-2)42-23-25-47(72-74-61-67-54(78-27-13-11-14-28-78)51(94-61)37-46(38(5)80)56(82)63-40-19-17-21-44(33-40)97(87,88)89)49(35-42)65-58-69-59(71-60(70-58)93-31-32-96(84,85)86)66-50-36-43(77(9-3)10-4)24-26-48(50)73-75-62-68-55(79-29-15-12-16-30-79)53(95-62)52(39(6)81)57(83)64-41-20-18-22-45(34-41)98(90,91)92/h17-26,33-37,52H,7-16,27-32H2,1-6H3,(H,63,82)(H,64,83)(H,84,85,86)(H,87,88,89)(H,90,91,92)(H2,65,66,69,70,71)/b46-37+,74-72?,75-73?. The number of Topliss-reactive ketones (excluding diaryl/α,β-unsaturated/α-hetero) is 2. The number of carbonyl (C=O) groups is 4. The number of rotatable bonds is 30. The van der Waals surface area contributed by atoms with E-state index in [0.29, 0.717) is 80.2 Å². The summed E-state index contributed by atoms with van der Waals surface area (Å²) >= 11 is 2.98. The van der Waals surface area contributed by atoms with Crippen LogP contribution in [0.5, 0.6) is 0 Å². The minimum absolute atomic E-state index is 0.0179. The SMILES string of the molecule is CCN(CC)c1ccc(N=Nc2nc(N3CCCCC3)c(/C=C(\C(C)=O)C(=O)Nc3cccc(S(=O)(=O)O)c3)s2)c(Nc2nc(Nc3cc(N(CC)CC)ccc3N=Nc3nc(N4CCCCC4)c(C(C(C)=O)C(=O)Nc4cccc(S(=O)(=O)O)c4)s3)nc(SCCS(=O)(=O)O)n2)c1. The van der Waals surface area contributed by atoms with Crippen molar-refractivity contribution in [1.82, 2.24) is 24.9 Å². The van der Waals surface area contributed by atoms with Crippen LogP contribution in [-0.2, 0) is 49.5 Å². The summed E-state index contributed by atoms with van der Waals surface area (Å²) in [6, 6.07) is 20.8. The Kier molecular flexibility index (Phi) is 24.6. The lowest BCUT2D eigenvalue weighted by Gasteiger charge is -2.28. The van der Waals surface area contributed by atoms with E-state index in [4.69, 9.17) is 15.0 Å². The lowest BCUT2D eigenvalue weighted by atomic mass is 10.0. The Morgan fingerprint density at radius 3 is 1.55 bits per heavy atom. The number of amides is 2. The predicted octanol–water partition coefficient (Wildman–Crippen LogP) is 12.2. The monoisotopic (exact) mass is 1460 g/mol. The van der Waals surface area contributed by atoms with Gasteiger partial charge in [0.2, 0.25) is 28.1 Å². The van der Waals surface area contributed by atoms with Crippen LogP contribution >= 0.6 is 34.4 Å². The lowest BCUT2D eigenvalue weighted by Crippen LogP contribution is -2.32. The van der Waals surface area contributed by atoms with Crippen LogP contribution in [0.2, 0.25) is 0 Å². The summed E-state index contributed by atoms with van der Waals surface area (Å²) in [5.41, 5.74) is 2.56. The molecule has 7 N–H and O–H groups in total. The van der Waals surface area contributed by atoms with Crippen LogP contribution in [0.25, 0.3) is 6.08 Å². The second kappa shape index (κ2) is 32.7. The maximum absolute atomic E-state index is 14.1. The van der Waals surface area contributed by atoms with Gasteiger partial charge < -0.3 is 40.9 Å². The van der Waals surface area contributed by atoms with Crippen molar-refractivity contribution in [2.24, 2.45) is 20.5 Å². The van der Waals surface area contributed by atoms with Crippen LogP contribution in [0.3, 0.4) is 0 Å². The van der Waals surface area contributed by atoms with Crippen molar-refractivity contribution >= 4 is 174 Å². The van der Waals surface area contributed by atoms with Crippen molar-refractivity contribution in [3.05, 3.63) is 100 Å². The van der Waals surface area contributed by atoms with Gasteiger partial charge in [-0.2, -0.15) is 50.2 Å². The Bertz CT molecular complexity index is 4550. The molecule has 7 aromatic rings. The van der Waals surface area contributed by atoms with Crippen LogP contribution < -0.4 is 40.9 Å². The number of hydrogen-bond acceptors (Lipinski definition) is 28. The number of anilines is 10. The molecule has 2 saturated heterocycles. The first-order valence-corrected chi connectivity index (χ1v) is 38.3. The van der Waals surface area contributed by atoms with Gasteiger partial charge in [0.05, 0.1) is 42.2 Å². The number of nitrogens with one attached hydrogen (secondary N) is 4. The molecule has 9 rings (SSSR count). The molecule has 2 amide bonds. The zero-order valence-corrected chi connectivity index (χ0v) is 59.1. The molecule has 5 heterocycles. The summed E-state index contributed by atoms with van der Waals surface area (Å²) in [4.78, 5) is 86.6. The smallest absolute Gasteiger partial charge is 0.294 e. The lowest BCUT2D eigenvalue weighted by molar-refractivity contribution is -0.126. The molecule has 2 fully saturated rings. The molecule has 2 aliphatic rings. The van der Waals surface area contributed by atoms with Gasteiger partial charge in [-0.15, -0.1) is 20.5 Å². The first-order valence-electron chi connectivity index (χ1n) is 31.2. The Balaban J connectivity index is 1.08. The first kappa shape index (κ1) is 73.5. The van der Waals surface area contributed by atoms with Gasteiger partial charge >= 0.3 is 0 Å². The van der Waals surface area contributed by atoms with Crippen LogP contribution in [0.4, 0.5) is 79.3 Å². The van der Waals surface area contributed by atoms with Gasteiger partial charge in [-0.05, 0) is 159 Å². The summed E-state index contributed by atoms with van der Waals surface area (Å²) in [5.74, 6) is -4.20. The predicted molar refractivity (Wildman–Crippen MR) is 380 cm³/mol. The molecule has 4 aromatic carbocycles. The van der Waals surface area contributed by atoms with Crippen molar-refractivity contribution in [3.8, 4) is 0 Å². The summed E-state index contributed by atoms with van der Waals surface area (Å²) < 4.78 is 101. The van der Waals surface area contributed by atoms with Crippen molar-refractivity contribution < 1.29 is 58.1 Å². The summed E-state index contributed by atoms with van der Waals surface area (Å²) in [6.45, 7) is 15.4. The van der Waals surface area contributed by atoms with Gasteiger partial charge in [0, 0.05) is 80.9 Å². The van der Waals surface area contributed by atoms with E-state index in [1.165, 1.54) is 44.2 Å². The van der Waals surface area contributed by atoms with Gasteiger partial charge in [-0.3, -0.25) is 32.8 Å². The molecule has 98 heavy (non-hydrogen) atoms. The number of ketones is 2. The van der Waals surface area contributed by atoms with E-state index in [2.05, 4.69) is 61.5 Å². The van der Waals surface area contributed by atoms with E-state index < -0.39 is 75.2 Å². The molecule has 2 aliphatic heterocycles. The zero-order valence-electron chi connectivity index (χ0n) is 54.2. The van der Waals surface area contributed by atoms with Crippen molar-refractivity contribution in [1.29, 1.82) is 0 Å². The maximum Gasteiger partial charge on any atom is 0.294 e. The summed E-state index contributed by atoms with van der Waals surface area (Å²) in [6.07, 6.45) is 6.71. The fourth-order valence-electron chi connectivity index (χ4n) is 10.7. The molecule has 1 unspecified atom stereocenters. The van der Waals surface area contributed by atoms with E-state index in [9.17, 15) is 58.1 Å². The van der Waals surface area contributed by atoms with Gasteiger partial charge in [-0.25, -0.2) is 0 Å². The minimum Gasteiger partial charge on any atom is -0.372 e. The van der Waals surface area contributed by atoms with E-state index >= 15 is 0 Å². The number of thioether (sulfide) groups is 1. The molecule has 1 atom stereocenters. The average molecular weight is 1460 g/mol. The topological polar surface area (TPSA) is 406 Å². The Labute approximate surface area is 579 Å². The van der Waals surface area contributed by atoms with Crippen LogP contribution in [0.15, 0.2) is 126 Å². The second-order valence-electron chi connectivity index (χ2n) is 22.4. The Hall–Kier alpha value is -8.75. The molecule has 0 bridgehead atoms. The number of thiazole rings is 2. The third kappa shape index (κ3) is 19.5. The third-order valence-corrected chi connectivity index (χ3v) is 21.0. The molecule has 0 spiro atoms.